The molecule has 0 aliphatic carbocycles. The number of fused-ring (bicyclic) bond motifs is 7. The Morgan fingerprint density at radius 1 is 0.403 bits per heavy atom. The highest BCUT2D eigenvalue weighted by molar-refractivity contribution is 6.99. The molecule has 5 heterocycles. The molecule has 0 radical (unpaired) electrons. The molecule has 67 heavy (non-hydrogen) atoms. The number of nitrogens with zero attached hydrogens (tertiary/aromatic N) is 7. The van der Waals surface area contributed by atoms with Gasteiger partial charge in [-0.2, -0.15) is 0 Å². The molecule has 3 aromatic heterocycles. The fourth-order valence-corrected chi connectivity index (χ4v) is 9.82. The van der Waals surface area contributed by atoms with E-state index in [-0.39, 0.29) is 12.1 Å². The van der Waals surface area contributed by atoms with Crippen LogP contribution in [0.15, 0.2) is 188 Å². The minimum Gasteiger partial charge on any atom is -0.458 e. The van der Waals surface area contributed by atoms with Crippen LogP contribution in [0.3, 0.4) is 0 Å². The molecular formula is C58H40BN7O. The van der Waals surface area contributed by atoms with Crippen LogP contribution in [-0.2, 0) is 5.41 Å². The van der Waals surface area contributed by atoms with Gasteiger partial charge in [0.2, 0.25) is 0 Å². The zero-order valence-corrected chi connectivity index (χ0v) is 37.0. The highest BCUT2D eigenvalue weighted by Gasteiger charge is 2.41. The highest BCUT2D eigenvalue weighted by atomic mass is 16.5. The van der Waals surface area contributed by atoms with Crippen molar-refractivity contribution in [2.24, 2.45) is 0 Å². The number of rotatable bonds is 6. The second-order valence-electron chi connectivity index (χ2n) is 18.3. The van der Waals surface area contributed by atoms with Gasteiger partial charge in [0.15, 0.2) is 34.9 Å². The predicted octanol–water partition coefficient (Wildman–Crippen LogP) is 11.4. The second-order valence-corrected chi connectivity index (χ2v) is 18.3. The van der Waals surface area contributed by atoms with Gasteiger partial charge in [0, 0.05) is 55.4 Å². The number of hydrogen-bond acceptors (Lipinski definition) is 7. The first kappa shape index (κ1) is 38.9. The molecule has 0 unspecified atom stereocenters. The van der Waals surface area contributed by atoms with Gasteiger partial charge in [0.1, 0.15) is 11.5 Å². The van der Waals surface area contributed by atoms with E-state index in [1.165, 1.54) is 5.56 Å². The standard InChI is InChI=1S/C58H40BN7O/c1-58(2,3)41-28-29-44-49(34-41)67-48-26-16-25-47-50(48)59(44)45-33-40(57-64-54(37-21-12-6-13-22-37)61-55(65-57)38-23-14-7-15-24-38)32-43-42-31-39(27-30-46(42)66(47)51(43)45)56-62-52(35-17-8-4-9-18-35)60-53(63-56)36-19-10-5-11-20-36/h4-34H,1-3H3. The van der Waals surface area contributed by atoms with Gasteiger partial charge < -0.3 is 9.30 Å². The van der Waals surface area contributed by atoms with Gasteiger partial charge in [-0.05, 0) is 69.8 Å². The first-order valence-electron chi connectivity index (χ1n) is 22.6. The van der Waals surface area contributed by atoms with Crippen molar-refractivity contribution >= 4 is 44.9 Å². The number of aromatic nitrogens is 7. The summed E-state index contributed by atoms with van der Waals surface area (Å²) in [6.45, 7) is 6.60. The van der Waals surface area contributed by atoms with Crippen molar-refractivity contribution in [2.75, 3.05) is 0 Å². The van der Waals surface area contributed by atoms with E-state index in [4.69, 9.17) is 34.6 Å². The predicted molar refractivity (Wildman–Crippen MR) is 270 cm³/mol. The Morgan fingerprint density at radius 2 is 0.896 bits per heavy atom. The van der Waals surface area contributed by atoms with Crippen LogP contribution < -0.4 is 21.1 Å². The van der Waals surface area contributed by atoms with E-state index >= 15 is 0 Å². The van der Waals surface area contributed by atoms with E-state index < -0.39 is 0 Å². The third kappa shape index (κ3) is 6.45. The molecule has 0 saturated carbocycles. The van der Waals surface area contributed by atoms with Crippen LogP contribution in [0, 0.1) is 0 Å². The molecule has 9 heteroatoms. The number of benzene rings is 8. The van der Waals surface area contributed by atoms with Crippen LogP contribution >= 0.6 is 0 Å². The Balaban J connectivity index is 1.10. The molecule has 0 saturated heterocycles. The lowest BCUT2D eigenvalue weighted by Crippen LogP contribution is -2.58. The Morgan fingerprint density at radius 3 is 1.42 bits per heavy atom. The Bertz CT molecular complexity index is 3640. The van der Waals surface area contributed by atoms with Crippen LogP contribution in [-0.4, -0.2) is 41.2 Å². The van der Waals surface area contributed by atoms with Gasteiger partial charge in [-0.25, -0.2) is 29.9 Å². The van der Waals surface area contributed by atoms with E-state index in [0.717, 1.165) is 88.8 Å². The average Bonchev–Trinajstić information content (AvgIpc) is 3.71. The van der Waals surface area contributed by atoms with Crippen LogP contribution in [0.5, 0.6) is 11.5 Å². The zero-order valence-electron chi connectivity index (χ0n) is 37.0. The van der Waals surface area contributed by atoms with Gasteiger partial charge in [0.25, 0.3) is 6.71 Å². The largest absolute Gasteiger partial charge is 0.458 e. The van der Waals surface area contributed by atoms with Crippen LogP contribution in [0.2, 0.25) is 0 Å². The van der Waals surface area contributed by atoms with Crippen molar-refractivity contribution in [3.05, 3.63) is 194 Å². The van der Waals surface area contributed by atoms with Crippen LogP contribution in [0.25, 0.3) is 95.8 Å². The average molecular weight is 862 g/mol. The summed E-state index contributed by atoms with van der Waals surface area (Å²) >= 11 is 0. The second kappa shape index (κ2) is 15.0. The van der Waals surface area contributed by atoms with E-state index in [1.807, 2.05) is 121 Å². The van der Waals surface area contributed by atoms with Crippen molar-refractivity contribution < 1.29 is 4.74 Å². The van der Waals surface area contributed by atoms with Gasteiger partial charge in [0.05, 0.1) is 5.52 Å². The topological polar surface area (TPSA) is 91.5 Å². The van der Waals surface area contributed by atoms with Crippen LogP contribution in [0.1, 0.15) is 26.3 Å². The molecule has 13 rings (SSSR count). The lowest BCUT2D eigenvalue weighted by Gasteiger charge is -2.34. The summed E-state index contributed by atoms with van der Waals surface area (Å²) in [6.07, 6.45) is 0. The fourth-order valence-electron chi connectivity index (χ4n) is 9.82. The zero-order chi connectivity index (χ0) is 44.8. The molecule has 0 bridgehead atoms. The van der Waals surface area contributed by atoms with Crippen molar-refractivity contribution in [2.45, 2.75) is 26.2 Å². The molecule has 0 fully saturated rings. The van der Waals surface area contributed by atoms with Gasteiger partial charge >= 0.3 is 0 Å². The molecule has 0 spiro atoms. The highest BCUT2D eigenvalue weighted by Crippen LogP contribution is 2.41. The van der Waals surface area contributed by atoms with Crippen molar-refractivity contribution in [3.63, 3.8) is 0 Å². The van der Waals surface area contributed by atoms with Gasteiger partial charge in [-0.15, -0.1) is 0 Å². The van der Waals surface area contributed by atoms with E-state index in [2.05, 4.69) is 92.1 Å². The molecule has 2 aliphatic heterocycles. The summed E-state index contributed by atoms with van der Waals surface area (Å²) in [5.41, 5.74) is 13.3. The molecular weight excluding hydrogens is 821 g/mol. The monoisotopic (exact) mass is 861 g/mol. The summed E-state index contributed by atoms with van der Waals surface area (Å²) in [5.74, 6) is 5.37. The van der Waals surface area contributed by atoms with E-state index in [1.54, 1.807) is 0 Å². The van der Waals surface area contributed by atoms with Gasteiger partial charge in [-0.3, -0.25) is 0 Å². The number of ether oxygens (including phenoxy) is 1. The Kier molecular flexibility index (Phi) is 8.70. The molecule has 8 aromatic carbocycles. The third-order valence-corrected chi connectivity index (χ3v) is 13.1. The molecule has 0 atom stereocenters. The lowest BCUT2D eigenvalue weighted by molar-refractivity contribution is 0.483. The third-order valence-electron chi connectivity index (χ3n) is 13.1. The first-order valence-corrected chi connectivity index (χ1v) is 22.6. The van der Waals surface area contributed by atoms with Crippen molar-refractivity contribution in [1.29, 1.82) is 0 Å². The van der Waals surface area contributed by atoms with Crippen molar-refractivity contribution in [1.82, 2.24) is 34.5 Å². The minimum atomic E-state index is -0.128. The molecule has 8 nitrogen and oxygen atoms in total. The lowest BCUT2D eigenvalue weighted by atomic mass is 9.34. The Labute approximate surface area is 387 Å². The maximum absolute atomic E-state index is 6.91. The summed E-state index contributed by atoms with van der Waals surface area (Å²) in [7, 11) is 0. The summed E-state index contributed by atoms with van der Waals surface area (Å²) in [4.78, 5) is 30.8. The normalized spacial score (nSPS) is 12.5. The summed E-state index contributed by atoms with van der Waals surface area (Å²) < 4.78 is 9.32. The molecule has 2 aliphatic rings. The first-order chi connectivity index (χ1) is 32.8. The maximum Gasteiger partial charge on any atom is 0.256 e. The molecule has 11 aromatic rings. The van der Waals surface area contributed by atoms with E-state index in [9.17, 15) is 0 Å². The smallest absolute Gasteiger partial charge is 0.256 e. The van der Waals surface area contributed by atoms with Crippen molar-refractivity contribution in [3.8, 4) is 85.5 Å². The summed E-state index contributed by atoms with van der Waals surface area (Å²) in [6, 6.07) is 64.8. The molecule has 316 valence electrons. The minimum absolute atomic E-state index is 0.0573. The Hall–Kier alpha value is -8.56. The SMILES string of the molecule is CC(C)(C)c1ccc2c(c1)Oc1cccc3c1B2c1cc(-c2nc(-c4ccccc4)nc(-c4ccccc4)n2)cc2c4cc(-c5nc(-c6ccccc6)nc(-c6ccccc6)n5)ccc4n-3c12. The maximum atomic E-state index is 6.91. The molecule has 0 N–H and O–H groups in total. The fraction of sp³-hybridized carbons (Fsp3) is 0.0690. The van der Waals surface area contributed by atoms with Gasteiger partial charge in [-0.1, -0.05) is 166 Å². The summed E-state index contributed by atoms with van der Waals surface area (Å²) in [5, 5.41) is 2.13. The quantitative estimate of drug-likeness (QED) is 0.154. The molecule has 0 amide bonds. The van der Waals surface area contributed by atoms with E-state index in [0.29, 0.717) is 34.9 Å². The number of hydrogen-bond donors (Lipinski definition) is 0. The van der Waals surface area contributed by atoms with Crippen LogP contribution in [0.4, 0.5) is 0 Å².